The number of benzene rings is 2. The number of carbonyl (C=O) groups is 2. The van der Waals surface area contributed by atoms with Crippen molar-refractivity contribution in [2.75, 3.05) is 0 Å². The molecule has 0 aliphatic heterocycles. The summed E-state index contributed by atoms with van der Waals surface area (Å²) in [6.07, 6.45) is 0. The highest BCUT2D eigenvalue weighted by atomic mass is 33.5. The molecule has 0 aliphatic rings. The minimum atomic E-state index is -0.145. The van der Waals surface area contributed by atoms with Crippen molar-refractivity contribution < 1.29 is 9.59 Å². The fraction of sp³-hybridized carbons (Fsp3) is 0.222. The molecule has 2 nitrogen and oxygen atoms in total. The van der Waals surface area contributed by atoms with Gasteiger partial charge in [0.2, 0.25) is 0 Å². The van der Waals surface area contributed by atoms with Gasteiger partial charge in [-0.05, 0) is 23.7 Å². The first-order valence-electron chi connectivity index (χ1n) is 7.27. The zero-order valence-corrected chi connectivity index (χ0v) is 15.4. The lowest BCUT2D eigenvalue weighted by molar-refractivity contribution is 0.0987. The lowest BCUT2D eigenvalue weighted by Gasteiger charge is -2.12. The molecular weight excluding hydrogens is 344 g/mol. The highest BCUT2D eigenvalue weighted by Gasteiger charge is 2.19. The third-order valence-electron chi connectivity index (χ3n) is 3.22. The predicted octanol–water partition coefficient (Wildman–Crippen LogP) is 5.56. The van der Waals surface area contributed by atoms with Crippen LogP contribution in [0.15, 0.2) is 60.7 Å². The molecule has 5 heteroatoms. The number of hydrogen-bond donors (Lipinski definition) is 0. The van der Waals surface area contributed by atoms with Crippen LogP contribution in [0.4, 0.5) is 0 Å². The Kier molecular flexibility index (Phi) is 7.27. The van der Waals surface area contributed by atoms with Gasteiger partial charge in [-0.2, -0.15) is 0 Å². The highest BCUT2D eigenvalue weighted by Crippen LogP contribution is 2.41. The number of rotatable bonds is 8. The van der Waals surface area contributed by atoms with Crippen molar-refractivity contribution in [2.45, 2.75) is 24.3 Å². The smallest absolute Gasteiger partial charge is 0.176 e. The minimum Gasteiger partial charge on any atom is -0.293 e. The molecule has 0 saturated carbocycles. The van der Waals surface area contributed by atoms with Gasteiger partial charge in [-0.25, -0.2) is 0 Å². The standard InChI is InChI=1S/C18H18O2S3/c1-13(17(19)15-9-5-3-6-10-15)21-23-22-14(2)18(20)16-11-7-4-8-12-16/h3-14H,1-2H3. The van der Waals surface area contributed by atoms with Crippen molar-refractivity contribution in [3.63, 3.8) is 0 Å². The quantitative estimate of drug-likeness (QED) is 0.454. The molecule has 2 aromatic rings. The zero-order chi connectivity index (χ0) is 16.7. The Morgan fingerprint density at radius 1 is 0.696 bits per heavy atom. The maximum Gasteiger partial charge on any atom is 0.176 e. The maximum absolute atomic E-state index is 12.3. The first kappa shape index (κ1) is 18.2. The molecule has 0 aliphatic carbocycles. The summed E-state index contributed by atoms with van der Waals surface area (Å²) in [5.41, 5.74) is 1.46. The zero-order valence-electron chi connectivity index (χ0n) is 13.0. The lowest BCUT2D eigenvalue weighted by atomic mass is 10.1. The van der Waals surface area contributed by atoms with E-state index >= 15 is 0 Å². The van der Waals surface area contributed by atoms with Gasteiger partial charge in [-0.15, -0.1) is 0 Å². The van der Waals surface area contributed by atoms with Gasteiger partial charge in [0.15, 0.2) is 11.6 Å². The van der Waals surface area contributed by atoms with Gasteiger partial charge in [0.1, 0.15) is 0 Å². The predicted molar refractivity (Wildman–Crippen MR) is 103 cm³/mol. The Labute approximate surface area is 148 Å². The summed E-state index contributed by atoms with van der Waals surface area (Å²) in [6, 6.07) is 18.6. The second-order valence-corrected chi connectivity index (χ2v) is 9.73. The molecule has 0 amide bonds. The van der Waals surface area contributed by atoms with Gasteiger partial charge in [-0.1, -0.05) is 82.3 Å². The monoisotopic (exact) mass is 362 g/mol. The van der Waals surface area contributed by atoms with Crippen molar-refractivity contribution in [3.05, 3.63) is 71.8 Å². The molecule has 120 valence electrons. The van der Waals surface area contributed by atoms with Gasteiger partial charge in [0.05, 0.1) is 10.5 Å². The first-order valence-corrected chi connectivity index (χ1v) is 10.9. The van der Waals surface area contributed by atoms with Crippen LogP contribution in [-0.2, 0) is 0 Å². The average molecular weight is 363 g/mol. The summed E-state index contributed by atoms with van der Waals surface area (Å²) in [5.74, 6) is 0.233. The molecule has 0 saturated heterocycles. The second-order valence-electron chi connectivity index (χ2n) is 5.01. The molecule has 0 N–H and O–H groups in total. The Bertz CT molecular complexity index is 586. The normalized spacial score (nSPS) is 13.3. The molecule has 2 unspecified atom stereocenters. The lowest BCUT2D eigenvalue weighted by Crippen LogP contribution is -2.13. The van der Waals surface area contributed by atoms with Crippen LogP contribution in [0.5, 0.6) is 0 Å². The highest BCUT2D eigenvalue weighted by molar-refractivity contribution is 9.09. The Balaban J connectivity index is 1.80. The van der Waals surface area contributed by atoms with Crippen LogP contribution in [0.3, 0.4) is 0 Å². The molecule has 0 radical (unpaired) electrons. The number of Topliss-reactive ketones (excluding diaryl/α,β-unsaturated/α-hetero) is 2. The molecule has 2 aromatic carbocycles. The minimum absolute atomic E-state index is 0.116. The number of hydrogen-bond acceptors (Lipinski definition) is 5. The van der Waals surface area contributed by atoms with E-state index in [2.05, 4.69) is 0 Å². The van der Waals surface area contributed by atoms with E-state index in [1.54, 1.807) is 0 Å². The molecule has 0 heterocycles. The van der Waals surface area contributed by atoms with Crippen LogP contribution < -0.4 is 0 Å². The maximum atomic E-state index is 12.3. The van der Waals surface area contributed by atoms with E-state index in [1.165, 1.54) is 31.4 Å². The van der Waals surface area contributed by atoms with Crippen LogP contribution >= 0.6 is 31.4 Å². The molecule has 2 rings (SSSR count). The van der Waals surface area contributed by atoms with E-state index in [1.807, 2.05) is 74.5 Å². The Hall–Kier alpha value is -1.17. The molecule has 2 atom stereocenters. The summed E-state index contributed by atoms with van der Waals surface area (Å²) in [7, 11) is 4.50. The van der Waals surface area contributed by atoms with E-state index in [0.29, 0.717) is 0 Å². The van der Waals surface area contributed by atoms with Gasteiger partial charge in [0.25, 0.3) is 0 Å². The summed E-state index contributed by atoms with van der Waals surface area (Å²) in [6.45, 7) is 3.80. The van der Waals surface area contributed by atoms with Crippen LogP contribution in [-0.4, -0.2) is 22.1 Å². The third-order valence-corrected chi connectivity index (χ3v) is 8.00. The van der Waals surface area contributed by atoms with Crippen molar-refractivity contribution in [2.24, 2.45) is 0 Å². The van der Waals surface area contributed by atoms with Crippen LogP contribution in [0.1, 0.15) is 34.6 Å². The number of ketones is 2. The van der Waals surface area contributed by atoms with E-state index < -0.39 is 0 Å². The SMILES string of the molecule is CC(SSSC(C)C(=O)c1ccccc1)C(=O)c1ccccc1. The van der Waals surface area contributed by atoms with E-state index in [9.17, 15) is 9.59 Å². The number of carbonyl (C=O) groups excluding carboxylic acids is 2. The van der Waals surface area contributed by atoms with Crippen molar-refractivity contribution in [1.82, 2.24) is 0 Å². The molecular formula is C18H18O2S3. The second kappa shape index (κ2) is 9.21. The fourth-order valence-corrected chi connectivity index (χ4v) is 6.53. The van der Waals surface area contributed by atoms with Crippen LogP contribution in [0.25, 0.3) is 0 Å². The fourth-order valence-electron chi connectivity index (χ4n) is 1.90. The van der Waals surface area contributed by atoms with E-state index in [0.717, 1.165) is 11.1 Å². The van der Waals surface area contributed by atoms with Gasteiger partial charge >= 0.3 is 0 Å². The van der Waals surface area contributed by atoms with Crippen molar-refractivity contribution in [3.8, 4) is 0 Å². The van der Waals surface area contributed by atoms with Gasteiger partial charge in [-0.3, -0.25) is 9.59 Å². The third kappa shape index (κ3) is 5.44. The molecule has 0 fully saturated rings. The van der Waals surface area contributed by atoms with E-state index in [-0.39, 0.29) is 22.1 Å². The van der Waals surface area contributed by atoms with Crippen LogP contribution in [0, 0.1) is 0 Å². The molecule has 0 bridgehead atoms. The first-order chi connectivity index (χ1) is 11.1. The van der Waals surface area contributed by atoms with Crippen molar-refractivity contribution >= 4 is 43.0 Å². The van der Waals surface area contributed by atoms with Crippen LogP contribution in [0.2, 0.25) is 0 Å². The average Bonchev–Trinajstić information content (AvgIpc) is 2.61. The molecule has 0 aromatic heterocycles. The summed E-state index contributed by atoms with van der Waals surface area (Å²) < 4.78 is 0. The largest absolute Gasteiger partial charge is 0.293 e. The van der Waals surface area contributed by atoms with Crippen molar-refractivity contribution in [1.29, 1.82) is 0 Å². The topological polar surface area (TPSA) is 34.1 Å². The summed E-state index contributed by atoms with van der Waals surface area (Å²) >= 11 is 0. The molecule has 0 spiro atoms. The summed E-state index contributed by atoms with van der Waals surface area (Å²) in [5, 5.41) is -0.289. The molecule has 23 heavy (non-hydrogen) atoms. The summed E-state index contributed by atoms with van der Waals surface area (Å²) in [4.78, 5) is 24.5. The van der Waals surface area contributed by atoms with Gasteiger partial charge in [0, 0.05) is 11.1 Å². The Morgan fingerprint density at radius 2 is 1.04 bits per heavy atom. The van der Waals surface area contributed by atoms with E-state index in [4.69, 9.17) is 0 Å². The van der Waals surface area contributed by atoms with Gasteiger partial charge < -0.3 is 0 Å². The Morgan fingerprint density at radius 3 is 1.39 bits per heavy atom.